The van der Waals surface area contributed by atoms with Gasteiger partial charge in [-0.1, -0.05) is 80.2 Å². The SMILES string of the molecule is C.I[I-]I(I)I(I)I(I)I.O=C(CCC(O)CCC1Cc2ccccc2C1)c1ccc(C(=O)N2CCCC2)cc1.O=C(O)c1ccc(C(=O)CCC(O)CCC2Cc3ccccc3C2)cc1. The van der Waals surface area contributed by atoms with Crippen molar-refractivity contribution in [3.8, 4) is 0 Å². The minimum atomic E-state index is -1.01. The number of ketones is 2. The van der Waals surface area contributed by atoms with E-state index in [1.807, 2.05) is 4.90 Å². The van der Waals surface area contributed by atoms with Crippen LogP contribution in [-0.4, -0.2) is 69.0 Å². The molecule has 0 saturated carbocycles. The normalized spacial score (nSPS) is 15.7. The van der Waals surface area contributed by atoms with Gasteiger partial charge in [0.15, 0.2) is 11.6 Å². The average Bonchev–Trinajstić information content (AvgIpc) is 4.11. The fourth-order valence-corrected chi connectivity index (χ4v) is 637. The Morgan fingerprint density at radius 3 is 1.29 bits per heavy atom. The van der Waals surface area contributed by atoms with Crippen LogP contribution in [0.15, 0.2) is 97.1 Å². The molecule has 4 aromatic rings. The average molecular weight is 1920 g/mol. The number of carboxylic acids is 1. The number of aliphatic hydroxyl groups excluding tert-OH is 2. The first kappa shape index (κ1) is 60.2. The monoisotopic (exact) mass is 1920 g/mol. The van der Waals surface area contributed by atoms with Gasteiger partial charge < -0.3 is 20.2 Å². The second-order valence-corrected chi connectivity index (χ2v) is 179. The van der Waals surface area contributed by atoms with E-state index in [4.69, 9.17) is 5.11 Å². The number of benzene rings is 4. The second-order valence-electron chi connectivity index (χ2n) is 16.5. The molecule has 4 aromatic carbocycles. The number of aliphatic hydroxyl groups is 2. The number of Topliss-reactive ketones (excluding diaryl/α,β-unsaturated/α-hetero) is 2. The van der Waals surface area contributed by atoms with Gasteiger partial charge in [0.25, 0.3) is 5.91 Å². The summed E-state index contributed by atoms with van der Waals surface area (Å²) in [5, 5.41) is 29.4. The number of hydrogen-bond acceptors (Lipinski definition) is 6. The first-order valence-corrected chi connectivity index (χ1v) is 71.8. The van der Waals surface area contributed by atoms with E-state index in [-0.39, 0.29) is 60.6 Å². The first-order chi connectivity index (χ1) is 31.2. The molecule has 2 aliphatic carbocycles. The molecule has 17 heteroatoms. The molecule has 66 heavy (non-hydrogen) atoms. The zero-order chi connectivity index (χ0) is 46.9. The van der Waals surface area contributed by atoms with Crippen molar-refractivity contribution in [1.82, 2.24) is 4.90 Å². The molecule has 1 amide bonds. The Labute approximate surface area is 460 Å². The Hall–Kier alpha value is 1.65. The smallest absolute Gasteiger partial charge is 0.335 e. The maximum Gasteiger partial charge on any atom is 0.335 e. The predicted molar refractivity (Wildman–Crippen MR) is 336 cm³/mol. The third kappa shape index (κ3) is 20.2. The van der Waals surface area contributed by atoms with Crippen LogP contribution in [0.2, 0.25) is 0 Å². The molecule has 2 atom stereocenters. The van der Waals surface area contributed by atoms with Crippen LogP contribution in [0.25, 0.3) is 0 Å². The van der Waals surface area contributed by atoms with Gasteiger partial charge >= 0.3 is 136 Å². The molecule has 0 bridgehead atoms. The van der Waals surface area contributed by atoms with E-state index in [0.717, 1.165) is 70.9 Å². The number of carbonyl (C=O) groups is 4. The molecule has 0 radical (unpaired) electrons. The molecule has 0 aromatic heterocycles. The topological polar surface area (TPSA) is 132 Å². The second kappa shape index (κ2) is 32.1. The summed E-state index contributed by atoms with van der Waals surface area (Å²) in [6.45, 7) is 1.65. The van der Waals surface area contributed by atoms with Crippen LogP contribution in [0.5, 0.6) is 0 Å². The summed E-state index contributed by atoms with van der Waals surface area (Å²) in [5.74, 6) is 0.205. The Kier molecular flexibility index (Phi) is 29.3. The van der Waals surface area contributed by atoms with E-state index in [1.165, 1.54) is 46.5 Å². The van der Waals surface area contributed by atoms with Crippen molar-refractivity contribution < 1.29 is 47.8 Å². The maximum absolute atomic E-state index is 12.5. The molecule has 1 aliphatic heterocycles. The number of carboxylic acid groups (broad SMARTS) is 1. The van der Waals surface area contributed by atoms with E-state index in [2.05, 4.69) is 142 Å². The zero-order valence-electron chi connectivity index (χ0n) is 35.7. The number of nitrogens with zero attached hydrogens (tertiary/aromatic N) is 1. The first-order valence-electron chi connectivity index (χ1n) is 21.6. The molecule has 8 nitrogen and oxygen atoms in total. The quantitative estimate of drug-likeness (QED) is 0.0629. The van der Waals surface area contributed by atoms with Crippen LogP contribution in [0, 0.1) is 11.8 Å². The van der Waals surface area contributed by atoms with E-state index in [1.54, 1.807) is 24.3 Å². The van der Waals surface area contributed by atoms with Crippen LogP contribution >= 0.6 is 117 Å². The summed E-state index contributed by atoms with van der Waals surface area (Å²) in [6, 6.07) is 30.0. The summed E-state index contributed by atoms with van der Waals surface area (Å²) in [6.07, 6.45) is 10.6. The van der Waals surface area contributed by atoms with Crippen molar-refractivity contribution in [3.63, 3.8) is 0 Å². The van der Waals surface area contributed by atoms with Gasteiger partial charge in [0, 0.05) is 42.6 Å². The zero-order valence-corrected chi connectivity index (χ0v) is 55.1. The molecule has 1 saturated heterocycles. The van der Waals surface area contributed by atoms with Crippen LogP contribution in [0.4, 0.5) is 0 Å². The van der Waals surface area contributed by atoms with Crippen molar-refractivity contribution in [2.75, 3.05) is 13.1 Å². The number of amides is 1. The minimum absolute atomic E-state index is 0. The van der Waals surface area contributed by atoms with Gasteiger partial charge in [-0.25, -0.2) is 4.79 Å². The maximum atomic E-state index is 12.5. The number of fused-ring (bicyclic) bond motifs is 2. The fraction of sp³-hybridized carbons (Fsp3) is 0.429. The van der Waals surface area contributed by atoms with Crippen molar-refractivity contribution in [2.45, 2.75) is 110 Å². The van der Waals surface area contributed by atoms with Crippen LogP contribution in [0.1, 0.15) is 135 Å². The molecule has 366 valence electrons. The third-order valence-electron chi connectivity index (χ3n) is 12.0. The van der Waals surface area contributed by atoms with Crippen LogP contribution < -0.4 is 13.3 Å². The Morgan fingerprint density at radius 1 is 0.591 bits per heavy atom. The van der Waals surface area contributed by atoms with Gasteiger partial charge in [0.2, 0.25) is 0 Å². The van der Waals surface area contributed by atoms with E-state index < -0.39 is 18.2 Å². The van der Waals surface area contributed by atoms with Crippen molar-refractivity contribution in [1.29, 1.82) is 0 Å². The Bertz CT molecular complexity index is 2110. The molecule has 1 fully saturated rings. The number of carbonyl (C=O) groups excluding carboxylic acids is 3. The van der Waals surface area contributed by atoms with Gasteiger partial charge in [0.05, 0.1) is 17.8 Å². The molecule has 0 spiro atoms. The summed E-state index contributed by atoms with van der Waals surface area (Å²) in [7, 11) is -0.795. The van der Waals surface area contributed by atoms with Gasteiger partial charge in [-0.2, -0.15) is 0 Å². The van der Waals surface area contributed by atoms with Gasteiger partial charge in [-0.05, 0) is 135 Å². The van der Waals surface area contributed by atoms with Crippen LogP contribution in [0.3, 0.4) is 0 Å². The molecular formula is C49H59I9NO7-. The minimum Gasteiger partial charge on any atom is -0.478 e. The standard InChI is InChI=1S/C26H31NO3.C22H24O4.CH4.I9/c28-24(12-7-19-17-22-5-1-2-6-23(22)18-19)13-14-25(29)20-8-10-21(11-9-20)26(30)27-15-3-4-16-27;23-20(10-5-15-13-18-3-1-2-4-19(18)14-15)11-12-21(24)16-6-8-17(9-7-16)22(25)26;;1-6-8(4)9(5)7(2)3/h1-2,5-6,8-11,19,24,28H,3-4,7,12-18H2;1-4,6-9,15,20,23H,5,10-14H2,(H,25,26);1H4;/q;;;-1. The Balaban J connectivity index is 0.000000242. The fourth-order valence-electron chi connectivity index (χ4n) is 8.48. The molecular weight excluding hydrogens is 1860 g/mol. The Morgan fingerprint density at radius 2 is 0.955 bits per heavy atom. The largest absolute Gasteiger partial charge is 0.478 e. The van der Waals surface area contributed by atoms with Crippen LogP contribution in [-0.2, 0) is 25.7 Å². The number of halogens is 9. The van der Waals surface area contributed by atoms with E-state index in [9.17, 15) is 29.4 Å². The predicted octanol–water partition coefficient (Wildman–Crippen LogP) is 13.1. The summed E-state index contributed by atoms with van der Waals surface area (Å²) >= 11 is 14.6. The molecule has 1 heterocycles. The van der Waals surface area contributed by atoms with Crippen molar-refractivity contribution in [3.05, 3.63) is 142 Å². The number of aromatic carboxylic acids is 1. The van der Waals surface area contributed by atoms with Crippen molar-refractivity contribution >= 4 is 140 Å². The third-order valence-corrected chi connectivity index (χ3v) is 425. The number of likely N-dealkylation sites (tertiary alicyclic amines) is 1. The van der Waals surface area contributed by atoms with Gasteiger partial charge in [0.1, 0.15) is 0 Å². The number of hydrogen-bond donors (Lipinski definition) is 3. The van der Waals surface area contributed by atoms with E-state index >= 15 is 0 Å². The molecule has 3 N–H and O–H groups in total. The number of rotatable bonds is 19. The van der Waals surface area contributed by atoms with Gasteiger partial charge in [-0.15, -0.1) is 0 Å². The molecule has 2 unspecified atom stereocenters. The van der Waals surface area contributed by atoms with Crippen molar-refractivity contribution in [2.24, 2.45) is 11.8 Å². The summed E-state index contributed by atoms with van der Waals surface area (Å²) in [4.78, 5) is 49.8. The van der Waals surface area contributed by atoms with E-state index in [0.29, 0.717) is 67.5 Å². The molecule has 3 aliphatic rings. The van der Waals surface area contributed by atoms with Gasteiger partial charge in [-0.3, -0.25) is 14.4 Å². The molecule has 7 rings (SSSR count). The summed E-state index contributed by atoms with van der Waals surface area (Å²) in [5.41, 5.74) is 7.65. The summed E-state index contributed by atoms with van der Waals surface area (Å²) < 4.78 is 0.